The number of amides is 2. The highest BCUT2D eigenvalue weighted by molar-refractivity contribution is 7.85. The predicted molar refractivity (Wildman–Crippen MR) is 103 cm³/mol. The van der Waals surface area contributed by atoms with Crippen LogP contribution in [0.5, 0.6) is 0 Å². The van der Waals surface area contributed by atoms with Gasteiger partial charge < -0.3 is 20.1 Å². The number of benzene rings is 1. The Morgan fingerprint density at radius 2 is 1.79 bits per heavy atom. The van der Waals surface area contributed by atoms with Gasteiger partial charge in [0.25, 0.3) is 10.1 Å². The average molecular weight is 416 g/mol. The number of alkyl carbamates (subject to hydrolysis) is 1. The minimum absolute atomic E-state index is 0.0446. The minimum atomic E-state index is -3.59. The van der Waals surface area contributed by atoms with Crippen molar-refractivity contribution in [1.82, 2.24) is 10.6 Å². The first-order chi connectivity index (χ1) is 13.0. The van der Waals surface area contributed by atoms with Crippen molar-refractivity contribution in [2.24, 2.45) is 0 Å². The summed E-state index contributed by atoms with van der Waals surface area (Å²) in [5.41, 5.74) is 0.194. The quantitative estimate of drug-likeness (QED) is 0.434. The lowest BCUT2D eigenvalue weighted by atomic mass is 10.2. The lowest BCUT2D eigenvalue weighted by Gasteiger charge is -2.23. The topological polar surface area (TPSA) is 120 Å². The van der Waals surface area contributed by atoms with Crippen molar-refractivity contribution in [2.75, 3.05) is 26.0 Å². The highest BCUT2D eigenvalue weighted by atomic mass is 32.2. The van der Waals surface area contributed by atoms with Crippen molar-refractivity contribution in [1.29, 1.82) is 0 Å². The fourth-order valence-electron chi connectivity index (χ4n) is 1.99. The molecule has 0 aliphatic heterocycles. The van der Waals surface area contributed by atoms with Crippen LogP contribution >= 0.6 is 0 Å². The molecular weight excluding hydrogens is 388 g/mol. The third-order valence-electron chi connectivity index (χ3n) is 3.10. The maximum absolute atomic E-state index is 12.3. The van der Waals surface area contributed by atoms with E-state index >= 15 is 0 Å². The van der Waals surface area contributed by atoms with Gasteiger partial charge in [-0.05, 0) is 26.3 Å². The molecule has 158 valence electrons. The molecule has 0 saturated heterocycles. The standard InChI is InChI=1S/C18H28N2O7S/c1-18(2,3)27-17(22)20-15(13-25-12-14-8-6-5-7-9-14)16(21)19-10-11-26-28(4,23)24/h5-9,15H,10-13H2,1-4H3,(H,19,21)(H,20,22). The minimum Gasteiger partial charge on any atom is -0.444 e. The van der Waals surface area contributed by atoms with E-state index in [0.29, 0.717) is 0 Å². The molecule has 0 spiro atoms. The van der Waals surface area contributed by atoms with Crippen LogP contribution in [0.4, 0.5) is 4.79 Å². The predicted octanol–water partition coefficient (Wildman–Crippen LogP) is 1.19. The Labute approximate surface area is 165 Å². The van der Waals surface area contributed by atoms with Crippen LogP contribution in [0, 0.1) is 0 Å². The van der Waals surface area contributed by atoms with Crippen LogP contribution in [-0.2, 0) is 35.2 Å². The van der Waals surface area contributed by atoms with Gasteiger partial charge in [-0.15, -0.1) is 0 Å². The van der Waals surface area contributed by atoms with Gasteiger partial charge >= 0.3 is 6.09 Å². The second-order valence-electron chi connectivity index (χ2n) is 7.02. The van der Waals surface area contributed by atoms with Crippen LogP contribution in [0.15, 0.2) is 30.3 Å². The Bertz CT molecular complexity index is 730. The molecule has 0 aliphatic rings. The summed E-state index contributed by atoms with van der Waals surface area (Å²) in [5.74, 6) is -0.545. The van der Waals surface area contributed by atoms with Crippen molar-refractivity contribution >= 4 is 22.1 Å². The Morgan fingerprint density at radius 1 is 1.14 bits per heavy atom. The van der Waals surface area contributed by atoms with Gasteiger partial charge in [0.15, 0.2) is 0 Å². The zero-order valence-corrected chi connectivity index (χ0v) is 17.4. The van der Waals surface area contributed by atoms with E-state index in [4.69, 9.17) is 9.47 Å². The third kappa shape index (κ3) is 11.5. The van der Waals surface area contributed by atoms with Crippen molar-refractivity contribution < 1.29 is 31.7 Å². The van der Waals surface area contributed by atoms with E-state index in [2.05, 4.69) is 14.8 Å². The highest BCUT2D eigenvalue weighted by Crippen LogP contribution is 2.07. The molecule has 1 aromatic carbocycles. The molecule has 0 aliphatic carbocycles. The SMILES string of the molecule is CC(C)(C)OC(=O)NC(COCc1ccccc1)C(=O)NCCOS(C)(=O)=O. The summed E-state index contributed by atoms with van der Waals surface area (Å²) in [6.45, 7) is 5.03. The van der Waals surface area contributed by atoms with Crippen molar-refractivity contribution in [2.45, 2.75) is 39.0 Å². The van der Waals surface area contributed by atoms with Crippen LogP contribution in [0.2, 0.25) is 0 Å². The van der Waals surface area contributed by atoms with Crippen molar-refractivity contribution in [3.8, 4) is 0 Å². The van der Waals surface area contributed by atoms with Gasteiger partial charge in [0.2, 0.25) is 5.91 Å². The lowest BCUT2D eigenvalue weighted by Crippen LogP contribution is -2.51. The van der Waals surface area contributed by atoms with Crippen molar-refractivity contribution in [3.05, 3.63) is 35.9 Å². The third-order valence-corrected chi connectivity index (χ3v) is 3.70. The molecule has 9 nitrogen and oxygen atoms in total. The van der Waals surface area contributed by atoms with E-state index in [1.165, 1.54) is 0 Å². The number of nitrogens with one attached hydrogen (secondary N) is 2. The summed E-state index contributed by atoms with van der Waals surface area (Å²) < 4.78 is 37.1. The number of ether oxygens (including phenoxy) is 2. The summed E-state index contributed by atoms with van der Waals surface area (Å²) in [7, 11) is -3.59. The smallest absolute Gasteiger partial charge is 0.408 e. The molecule has 10 heteroatoms. The highest BCUT2D eigenvalue weighted by Gasteiger charge is 2.24. The molecule has 1 rings (SSSR count). The number of rotatable bonds is 10. The Morgan fingerprint density at radius 3 is 2.36 bits per heavy atom. The summed E-state index contributed by atoms with van der Waals surface area (Å²) in [4.78, 5) is 24.3. The van der Waals surface area contributed by atoms with Crippen LogP contribution in [0.1, 0.15) is 26.3 Å². The normalized spacial score (nSPS) is 12.9. The monoisotopic (exact) mass is 416 g/mol. The van der Waals surface area contributed by atoms with E-state index in [0.717, 1.165) is 11.8 Å². The van der Waals surface area contributed by atoms with Gasteiger partial charge in [-0.2, -0.15) is 8.42 Å². The molecule has 0 radical (unpaired) electrons. The molecule has 1 unspecified atom stereocenters. The average Bonchev–Trinajstić information content (AvgIpc) is 2.56. The summed E-state index contributed by atoms with van der Waals surface area (Å²) >= 11 is 0. The van der Waals surface area contributed by atoms with Crippen molar-refractivity contribution in [3.63, 3.8) is 0 Å². The second kappa shape index (κ2) is 11.0. The maximum Gasteiger partial charge on any atom is 0.408 e. The van der Waals surface area contributed by atoms with E-state index in [1.54, 1.807) is 20.8 Å². The lowest BCUT2D eigenvalue weighted by molar-refractivity contribution is -0.125. The van der Waals surface area contributed by atoms with E-state index in [-0.39, 0.29) is 26.4 Å². The van der Waals surface area contributed by atoms with Gasteiger partial charge in [-0.1, -0.05) is 30.3 Å². The number of hydrogen-bond donors (Lipinski definition) is 2. The Balaban J connectivity index is 2.59. The number of hydrogen-bond acceptors (Lipinski definition) is 7. The van der Waals surface area contributed by atoms with Gasteiger partial charge in [0, 0.05) is 6.54 Å². The molecule has 0 fully saturated rings. The molecule has 0 saturated carbocycles. The van der Waals surface area contributed by atoms with Gasteiger partial charge in [-0.25, -0.2) is 4.79 Å². The molecule has 28 heavy (non-hydrogen) atoms. The zero-order chi connectivity index (χ0) is 21.2. The van der Waals surface area contributed by atoms with E-state index in [9.17, 15) is 18.0 Å². The van der Waals surface area contributed by atoms with Crippen LogP contribution in [-0.4, -0.2) is 58.1 Å². The van der Waals surface area contributed by atoms with Gasteiger partial charge in [-0.3, -0.25) is 8.98 Å². The first-order valence-electron chi connectivity index (χ1n) is 8.69. The second-order valence-corrected chi connectivity index (χ2v) is 8.66. The number of carbonyl (C=O) groups excluding carboxylic acids is 2. The fourth-order valence-corrected chi connectivity index (χ4v) is 2.38. The number of carbonyl (C=O) groups is 2. The van der Waals surface area contributed by atoms with Gasteiger partial charge in [0.05, 0.1) is 26.1 Å². The molecule has 2 N–H and O–H groups in total. The van der Waals surface area contributed by atoms with Gasteiger partial charge in [0.1, 0.15) is 11.6 Å². The Hall–Kier alpha value is -2.17. The molecule has 2 amide bonds. The van der Waals surface area contributed by atoms with Crippen LogP contribution in [0.3, 0.4) is 0 Å². The van der Waals surface area contributed by atoms with E-state index < -0.39 is 33.8 Å². The molecular formula is C18H28N2O7S. The largest absolute Gasteiger partial charge is 0.444 e. The Kier molecular flexibility index (Phi) is 9.36. The molecule has 0 bridgehead atoms. The van der Waals surface area contributed by atoms with E-state index in [1.807, 2.05) is 30.3 Å². The molecule has 1 aromatic rings. The first-order valence-corrected chi connectivity index (χ1v) is 10.5. The zero-order valence-electron chi connectivity index (χ0n) is 16.6. The fraction of sp³-hybridized carbons (Fsp3) is 0.556. The van der Waals surface area contributed by atoms with Crippen LogP contribution < -0.4 is 10.6 Å². The first kappa shape index (κ1) is 23.9. The maximum atomic E-state index is 12.3. The molecule has 0 heterocycles. The molecule has 1 atom stereocenters. The molecule has 0 aromatic heterocycles. The summed E-state index contributed by atoms with van der Waals surface area (Å²) in [6.07, 6.45) is 0.155. The summed E-state index contributed by atoms with van der Waals surface area (Å²) in [6, 6.07) is 8.34. The summed E-state index contributed by atoms with van der Waals surface area (Å²) in [5, 5.41) is 4.95. The van der Waals surface area contributed by atoms with Crippen LogP contribution in [0.25, 0.3) is 0 Å².